The third-order valence-electron chi connectivity index (χ3n) is 3.69. The minimum Gasteiger partial charge on any atom is -0.317 e. The van der Waals surface area contributed by atoms with Crippen LogP contribution in [0.2, 0.25) is 5.02 Å². The number of nitrogens with one attached hydrogen (secondary N) is 2. The molecule has 0 aromatic heterocycles. The van der Waals surface area contributed by atoms with Gasteiger partial charge in [-0.25, -0.2) is 13.1 Å². The van der Waals surface area contributed by atoms with Gasteiger partial charge in [0, 0.05) is 11.6 Å². The van der Waals surface area contributed by atoms with E-state index in [0.717, 1.165) is 25.1 Å². The highest BCUT2D eigenvalue weighted by atomic mass is 35.5. The Balaban J connectivity index is 1.84. The zero-order valence-electron chi connectivity index (χ0n) is 13.8. The summed E-state index contributed by atoms with van der Waals surface area (Å²) in [5, 5.41) is 3.81. The summed E-state index contributed by atoms with van der Waals surface area (Å²) >= 11 is 5.78. The largest absolute Gasteiger partial charge is 0.317 e. The summed E-state index contributed by atoms with van der Waals surface area (Å²) in [5.41, 5.74) is 2.39. The van der Waals surface area contributed by atoms with Gasteiger partial charge >= 0.3 is 0 Å². The average molecular weight is 367 g/mol. The van der Waals surface area contributed by atoms with E-state index in [1.807, 2.05) is 0 Å². The molecular formula is C18H23ClN2O2S. The van der Waals surface area contributed by atoms with E-state index in [1.54, 1.807) is 12.1 Å². The highest BCUT2D eigenvalue weighted by Crippen LogP contribution is 2.14. The first-order valence-corrected chi connectivity index (χ1v) is 9.91. The van der Waals surface area contributed by atoms with Gasteiger partial charge in [0.2, 0.25) is 10.0 Å². The Morgan fingerprint density at radius 2 is 1.42 bits per heavy atom. The second kappa shape index (κ2) is 9.18. The van der Waals surface area contributed by atoms with Gasteiger partial charge in [0.25, 0.3) is 0 Å². The van der Waals surface area contributed by atoms with E-state index in [0.29, 0.717) is 18.0 Å². The van der Waals surface area contributed by atoms with Crippen molar-refractivity contribution in [3.05, 3.63) is 64.7 Å². The first-order valence-electron chi connectivity index (χ1n) is 8.05. The summed E-state index contributed by atoms with van der Waals surface area (Å²) in [6, 6.07) is 14.5. The maximum Gasteiger partial charge on any atom is 0.240 e. The number of sulfonamides is 1. The Labute approximate surface area is 149 Å². The van der Waals surface area contributed by atoms with Crippen molar-refractivity contribution in [2.75, 3.05) is 19.6 Å². The molecule has 0 atom stereocenters. The van der Waals surface area contributed by atoms with E-state index in [1.165, 1.54) is 17.7 Å². The summed E-state index contributed by atoms with van der Waals surface area (Å²) < 4.78 is 27.0. The molecular weight excluding hydrogens is 344 g/mol. The van der Waals surface area contributed by atoms with Crippen molar-refractivity contribution in [2.45, 2.75) is 24.7 Å². The molecule has 0 fully saturated rings. The van der Waals surface area contributed by atoms with E-state index >= 15 is 0 Å². The van der Waals surface area contributed by atoms with Crippen LogP contribution in [0.1, 0.15) is 18.1 Å². The van der Waals surface area contributed by atoms with Crippen LogP contribution in [0.25, 0.3) is 0 Å². The van der Waals surface area contributed by atoms with Crippen LogP contribution in [-0.4, -0.2) is 28.1 Å². The lowest BCUT2D eigenvalue weighted by Crippen LogP contribution is -2.25. The second-order valence-electron chi connectivity index (χ2n) is 5.52. The molecule has 0 saturated heterocycles. The lowest BCUT2D eigenvalue weighted by atomic mass is 10.1. The SMILES string of the molecule is CCNCCc1ccc(CCNS(=O)(=O)c2ccc(Cl)cc2)cc1. The minimum absolute atomic E-state index is 0.227. The lowest BCUT2D eigenvalue weighted by molar-refractivity contribution is 0.581. The molecule has 0 heterocycles. The minimum atomic E-state index is -3.49. The van der Waals surface area contributed by atoms with Crippen LogP contribution in [0.3, 0.4) is 0 Å². The number of hydrogen-bond acceptors (Lipinski definition) is 3. The lowest BCUT2D eigenvalue weighted by Gasteiger charge is -2.08. The average Bonchev–Trinajstić information content (AvgIpc) is 2.57. The zero-order chi connectivity index (χ0) is 17.4. The fraction of sp³-hybridized carbons (Fsp3) is 0.333. The second-order valence-corrected chi connectivity index (χ2v) is 7.73. The molecule has 0 spiro atoms. The van der Waals surface area contributed by atoms with Crippen molar-refractivity contribution in [2.24, 2.45) is 0 Å². The Kier molecular flexibility index (Phi) is 7.24. The van der Waals surface area contributed by atoms with Gasteiger partial charge in [0.15, 0.2) is 0 Å². The van der Waals surface area contributed by atoms with Crippen LogP contribution >= 0.6 is 11.6 Å². The number of halogens is 1. The molecule has 0 unspecified atom stereocenters. The van der Waals surface area contributed by atoms with E-state index in [4.69, 9.17) is 11.6 Å². The number of benzene rings is 2. The summed E-state index contributed by atoms with van der Waals surface area (Å²) in [6.07, 6.45) is 1.65. The van der Waals surface area contributed by atoms with Crippen molar-refractivity contribution >= 4 is 21.6 Å². The first-order chi connectivity index (χ1) is 11.5. The van der Waals surface area contributed by atoms with Gasteiger partial charge in [-0.15, -0.1) is 0 Å². The molecule has 2 N–H and O–H groups in total. The van der Waals surface area contributed by atoms with Crippen molar-refractivity contribution in [3.63, 3.8) is 0 Å². The summed E-state index contributed by atoms with van der Waals surface area (Å²) in [4.78, 5) is 0.227. The maximum atomic E-state index is 12.2. The van der Waals surface area contributed by atoms with Gasteiger partial charge in [-0.05, 0) is 61.3 Å². The van der Waals surface area contributed by atoms with E-state index in [9.17, 15) is 8.42 Å². The fourth-order valence-corrected chi connectivity index (χ4v) is 3.47. The monoisotopic (exact) mass is 366 g/mol. The number of rotatable bonds is 9. The van der Waals surface area contributed by atoms with Gasteiger partial charge in [0.1, 0.15) is 0 Å². The van der Waals surface area contributed by atoms with Crippen molar-refractivity contribution in [3.8, 4) is 0 Å². The van der Waals surface area contributed by atoms with Crippen molar-refractivity contribution < 1.29 is 8.42 Å². The number of likely N-dealkylation sites (N-methyl/N-ethyl adjacent to an activating group) is 1. The fourth-order valence-electron chi connectivity index (χ4n) is 2.31. The topological polar surface area (TPSA) is 58.2 Å². The van der Waals surface area contributed by atoms with Gasteiger partial charge in [-0.1, -0.05) is 42.8 Å². The Hall–Kier alpha value is -1.40. The molecule has 0 saturated carbocycles. The van der Waals surface area contributed by atoms with Crippen LogP contribution < -0.4 is 10.0 Å². The third-order valence-corrected chi connectivity index (χ3v) is 5.42. The van der Waals surface area contributed by atoms with Gasteiger partial charge in [-0.3, -0.25) is 0 Å². The number of hydrogen-bond donors (Lipinski definition) is 2. The van der Waals surface area contributed by atoms with E-state index < -0.39 is 10.0 Å². The molecule has 24 heavy (non-hydrogen) atoms. The molecule has 0 aliphatic carbocycles. The molecule has 4 nitrogen and oxygen atoms in total. The molecule has 0 aliphatic heterocycles. The van der Waals surface area contributed by atoms with Crippen LogP contribution in [-0.2, 0) is 22.9 Å². The van der Waals surface area contributed by atoms with Gasteiger partial charge in [-0.2, -0.15) is 0 Å². The van der Waals surface area contributed by atoms with Crippen LogP contribution in [0, 0.1) is 0 Å². The summed E-state index contributed by atoms with van der Waals surface area (Å²) in [6.45, 7) is 4.40. The molecule has 0 radical (unpaired) electrons. The van der Waals surface area contributed by atoms with E-state index in [2.05, 4.69) is 41.2 Å². The standard InChI is InChI=1S/C18H23ClN2O2S/c1-2-20-13-11-15-3-5-16(6-4-15)12-14-21-24(22,23)18-9-7-17(19)8-10-18/h3-10,20-21H,2,11-14H2,1H3. The van der Waals surface area contributed by atoms with Crippen molar-refractivity contribution in [1.82, 2.24) is 10.0 Å². The summed E-state index contributed by atoms with van der Waals surface area (Å²) in [7, 11) is -3.49. The highest BCUT2D eigenvalue weighted by Gasteiger charge is 2.12. The molecule has 0 aliphatic rings. The van der Waals surface area contributed by atoms with Crippen LogP contribution in [0.15, 0.2) is 53.4 Å². The molecule has 0 amide bonds. The summed E-state index contributed by atoms with van der Waals surface area (Å²) in [5.74, 6) is 0. The van der Waals surface area contributed by atoms with Crippen molar-refractivity contribution in [1.29, 1.82) is 0 Å². The third kappa shape index (κ3) is 5.91. The molecule has 6 heteroatoms. The zero-order valence-corrected chi connectivity index (χ0v) is 15.3. The van der Waals surface area contributed by atoms with Crippen LogP contribution in [0.4, 0.5) is 0 Å². The Bertz CT molecular complexity index is 729. The first kappa shape index (κ1) is 18.9. The predicted molar refractivity (Wildman–Crippen MR) is 99.0 cm³/mol. The molecule has 0 bridgehead atoms. The Morgan fingerprint density at radius 1 is 0.875 bits per heavy atom. The predicted octanol–water partition coefficient (Wildman–Crippen LogP) is 3.01. The Morgan fingerprint density at radius 3 is 1.96 bits per heavy atom. The molecule has 2 aromatic carbocycles. The van der Waals surface area contributed by atoms with Gasteiger partial charge in [0.05, 0.1) is 4.90 Å². The van der Waals surface area contributed by atoms with Gasteiger partial charge < -0.3 is 5.32 Å². The normalized spacial score (nSPS) is 11.6. The smallest absolute Gasteiger partial charge is 0.240 e. The van der Waals surface area contributed by atoms with E-state index in [-0.39, 0.29) is 4.90 Å². The highest BCUT2D eigenvalue weighted by molar-refractivity contribution is 7.89. The molecule has 2 aromatic rings. The maximum absolute atomic E-state index is 12.2. The quantitative estimate of drug-likeness (QED) is 0.671. The van der Waals surface area contributed by atoms with Crippen LogP contribution in [0.5, 0.6) is 0 Å². The molecule has 130 valence electrons. The molecule has 2 rings (SSSR count).